The molecule has 0 saturated heterocycles. The Balaban J connectivity index is 2.51. The minimum atomic E-state index is -0.530. The Bertz CT molecular complexity index is 328. The number of aliphatic hydroxyl groups excluding tert-OH is 1. The van der Waals surface area contributed by atoms with Crippen LogP contribution in [0.15, 0.2) is 35.0 Å². The maximum atomic E-state index is 9.88. The van der Waals surface area contributed by atoms with E-state index in [9.17, 15) is 5.11 Å². The summed E-state index contributed by atoms with van der Waals surface area (Å²) in [4.78, 5) is 3.90. The Kier molecular flexibility index (Phi) is 4.04. The first-order valence-electron chi connectivity index (χ1n) is 5.07. The first-order valence-corrected chi connectivity index (χ1v) is 5.07. The molecule has 0 spiro atoms. The van der Waals surface area contributed by atoms with E-state index in [-0.39, 0.29) is 5.54 Å². The summed E-state index contributed by atoms with van der Waals surface area (Å²) in [6.45, 7) is 6.72. The van der Waals surface area contributed by atoms with E-state index in [1.807, 2.05) is 12.2 Å². The van der Waals surface area contributed by atoms with Crippen LogP contribution >= 0.6 is 0 Å². The van der Waals surface area contributed by atoms with Gasteiger partial charge in [-0.1, -0.05) is 12.2 Å². The van der Waals surface area contributed by atoms with E-state index < -0.39 is 6.10 Å². The molecule has 0 aromatic rings. The zero-order valence-electron chi connectivity index (χ0n) is 9.49. The highest BCUT2D eigenvalue weighted by Gasteiger charge is 2.14. The van der Waals surface area contributed by atoms with Crippen molar-refractivity contribution in [3.8, 4) is 0 Å². The molecule has 15 heavy (non-hydrogen) atoms. The van der Waals surface area contributed by atoms with Gasteiger partial charge < -0.3 is 10.4 Å². The van der Waals surface area contributed by atoms with E-state index in [0.717, 1.165) is 5.57 Å². The van der Waals surface area contributed by atoms with Gasteiger partial charge in [-0.25, -0.2) is 4.99 Å². The van der Waals surface area contributed by atoms with E-state index in [1.165, 1.54) is 0 Å². The second-order valence-corrected chi connectivity index (χ2v) is 4.56. The van der Waals surface area contributed by atoms with Crippen molar-refractivity contribution in [2.24, 2.45) is 4.99 Å². The summed E-state index contributed by atoms with van der Waals surface area (Å²) in [5.74, 6) is 2.71. The molecule has 0 aromatic heterocycles. The number of aliphatic hydroxyl groups is 1. The summed E-state index contributed by atoms with van der Waals surface area (Å²) >= 11 is 0. The predicted molar refractivity (Wildman–Crippen MR) is 63.0 cm³/mol. The van der Waals surface area contributed by atoms with Gasteiger partial charge in [0.15, 0.2) is 0 Å². The maximum absolute atomic E-state index is 9.88. The van der Waals surface area contributed by atoms with Crippen molar-refractivity contribution in [2.75, 3.05) is 6.54 Å². The molecule has 3 nitrogen and oxygen atoms in total. The Hall–Kier alpha value is -1.15. The molecule has 0 saturated carbocycles. The molecule has 3 heteroatoms. The van der Waals surface area contributed by atoms with Crippen molar-refractivity contribution >= 4 is 5.87 Å². The third-order valence-electron chi connectivity index (χ3n) is 1.96. The fourth-order valence-corrected chi connectivity index (χ4v) is 1.12. The van der Waals surface area contributed by atoms with Gasteiger partial charge in [-0.2, -0.15) is 0 Å². The molecule has 1 aliphatic heterocycles. The predicted octanol–water partition coefficient (Wildman–Crippen LogP) is 1.42. The summed E-state index contributed by atoms with van der Waals surface area (Å²) in [7, 11) is 0. The molecule has 1 unspecified atom stereocenters. The quantitative estimate of drug-likeness (QED) is 0.733. The molecule has 0 aliphatic carbocycles. The standard InChI is InChI=1S/C12H18N2O/c1-12(2,3)14-9-11(15)10-6-4-5-7-13-8-10/h4-6,8,11,14-15H,9H2,1-3H3. The molecule has 0 aromatic carbocycles. The summed E-state index contributed by atoms with van der Waals surface area (Å²) in [6.07, 6.45) is 6.49. The van der Waals surface area contributed by atoms with Gasteiger partial charge in [0.05, 0.1) is 6.10 Å². The number of rotatable bonds is 3. The summed E-state index contributed by atoms with van der Waals surface area (Å²) in [5, 5.41) is 13.1. The molecule has 0 bridgehead atoms. The average Bonchev–Trinajstić information content (AvgIpc) is 2.41. The van der Waals surface area contributed by atoms with Crippen LogP contribution in [0.2, 0.25) is 0 Å². The number of nitrogens with one attached hydrogen (secondary N) is 1. The van der Waals surface area contributed by atoms with Crippen LogP contribution in [0.25, 0.3) is 0 Å². The highest BCUT2D eigenvalue weighted by Crippen LogP contribution is 2.07. The monoisotopic (exact) mass is 206 g/mol. The average molecular weight is 206 g/mol. The third-order valence-corrected chi connectivity index (χ3v) is 1.96. The Morgan fingerprint density at radius 1 is 1.53 bits per heavy atom. The van der Waals surface area contributed by atoms with Crippen molar-refractivity contribution in [2.45, 2.75) is 32.4 Å². The van der Waals surface area contributed by atoms with Crippen LogP contribution in [0.5, 0.6) is 0 Å². The van der Waals surface area contributed by atoms with Gasteiger partial charge >= 0.3 is 0 Å². The van der Waals surface area contributed by atoms with Crippen molar-refractivity contribution in [1.29, 1.82) is 0 Å². The zero-order chi connectivity index (χ0) is 11.3. The molecule has 0 radical (unpaired) electrons. The molecule has 82 valence electrons. The number of hydrogen-bond acceptors (Lipinski definition) is 3. The van der Waals surface area contributed by atoms with Crippen LogP contribution in [0.1, 0.15) is 20.8 Å². The molecule has 2 N–H and O–H groups in total. The molecule has 0 amide bonds. The van der Waals surface area contributed by atoms with Gasteiger partial charge in [0.2, 0.25) is 0 Å². The molecule has 1 aliphatic rings. The normalized spacial score (nSPS) is 17.5. The highest BCUT2D eigenvalue weighted by atomic mass is 16.3. The van der Waals surface area contributed by atoms with Gasteiger partial charge in [-0.15, -0.1) is 0 Å². The minimum absolute atomic E-state index is 0.0114. The van der Waals surface area contributed by atoms with Crippen LogP contribution in [0.3, 0.4) is 0 Å². The van der Waals surface area contributed by atoms with Gasteiger partial charge in [0.25, 0.3) is 0 Å². The van der Waals surface area contributed by atoms with Crippen LogP contribution in [0.4, 0.5) is 0 Å². The molecule has 0 fully saturated rings. The number of allylic oxidation sites excluding steroid dienone is 2. The van der Waals surface area contributed by atoms with Gasteiger partial charge in [0.1, 0.15) is 0 Å². The SMILES string of the molecule is CC(C)(C)NCC(O)C1=CN=C=CC=C1. The van der Waals surface area contributed by atoms with Crippen molar-refractivity contribution in [3.63, 3.8) is 0 Å². The van der Waals surface area contributed by atoms with Gasteiger partial charge in [-0.3, -0.25) is 0 Å². The summed E-state index contributed by atoms with van der Waals surface area (Å²) in [5.41, 5.74) is 0.810. The second-order valence-electron chi connectivity index (χ2n) is 4.56. The van der Waals surface area contributed by atoms with Crippen molar-refractivity contribution in [3.05, 3.63) is 30.0 Å². The van der Waals surface area contributed by atoms with E-state index >= 15 is 0 Å². The van der Waals surface area contributed by atoms with Crippen molar-refractivity contribution in [1.82, 2.24) is 5.32 Å². The zero-order valence-corrected chi connectivity index (χ0v) is 9.49. The number of hydrogen-bond donors (Lipinski definition) is 2. The van der Waals surface area contributed by atoms with Crippen molar-refractivity contribution < 1.29 is 5.11 Å². The van der Waals surface area contributed by atoms with Gasteiger partial charge in [-0.05, 0) is 32.7 Å². The third kappa shape index (κ3) is 4.75. The van der Waals surface area contributed by atoms with Crippen LogP contribution < -0.4 is 5.32 Å². The molecule has 1 atom stereocenters. The number of aliphatic imine (C=N–C) groups is 1. The summed E-state index contributed by atoms with van der Waals surface area (Å²) < 4.78 is 0. The lowest BCUT2D eigenvalue weighted by atomic mass is 10.1. The molecule has 1 rings (SSSR count). The lowest BCUT2D eigenvalue weighted by Crippen LogP contribution is -2.41. The van der Waals surface area contributed by atoms with Crippen LogP contribution in [-0.2, 0) is 0 Å². The molecular formula is C12H18N2O. The topological polar surface area (TPSA) is 44.6 Å². The first-order chi connectivity index (χ1) is 6.99. The van der Waals surface area contributed by atoms with Gasteiger partial charge in [0, 0.05) is 23.9 Å². The Morgan fingerprint density at radius 2 is 2.27 bits per heavy atom. The van der Waals surface area contributed by atoms with E-state index in [4.69, 9.17) is 0 Å². The number of β-amino-alcohol motifs (C(OH)–C–C–N with tert-alkyl or cyclic N) is 1. The van der Waals surface area contributed by atoms with E-state index in [2.05, 4.69) is 37.0 Å². The fourth-order valence-electron chi connectivity index (χ4n) is 1.12. The maximum Gasteiger partial charge on any atom is 0.0929 e. The largest absolute Gasteiger partial charge is 0.387 e. The fraction of sp³-hybridized carbons (Fsp3) is 0.500. The molecule has 1 heterocycles. The number of nitrogens with zero attached hydrogens (tertiary/aromatic N) is 1. The van der Waals surface area contributed by atoms with Crippen LogP contribution in [0, 0.1) is 0 Å². The summed E-state index contributed by atoms with van der Waals surface area (Å²) in [6, 6.07) is 0. The van der Waals surface area contributed by atoms with E-state index in [1.54, 1.807) is 12.3 Å². The van der Waals surface area contributed by atoms with E-state index in [0.29, 0.717) is 6.54 Å². The van der Waals surface area contributed by atoms with Crippen LogP contribution in [-0.4, -0.2) is 29.2 Å². The molecular weight excluding hydrogens is 188 g/mol. The lowest BCUT2D eigenvalue weighted by molar-refractivity contribution is 0.197. The first kappa shape index (κ1) is 11.9. The highest BCUT2D eigenvalue weighted by molar-refractivity contribution is 5.57. The minimum Gasteiger partial charge on any atom is -0.387 e. The lowest BCUT2D eigenvalue weighted by Gasteiger charge is -2.23. The second kappa shape index (κ2) is 5.08. The smallest absolute Gasteiger partial charge is 0.0929 e. The Labute approximate surface area is 90.9 Å². The Morgan fingerprint density at radius 3 is 2.93 bits per heavy atom.